The summed E-state index contributed by atoms with van der Waals surface area (Å²) >= 11 is 1.85. The fraction of sp³-hybridized carbons (Fsp3) is 0.500. The van der Waals surface area contributed by atoms with Gasteiger partial charge in [0.15, 0.2) is 0 Å². The lowest BCUT2D eigenvalue weighted by atomic mass is 10.2. The van der Waals surface area contributed by atoms with Crippen molar-refractivity contribution in [2.24, 2.45) is 0 Å². The van der Waals surface area contributed by atoms with E-state index < -0.39 is 10.0 Å². The summed E-state index contributed by atoms with van der Waals surface area (Å²) in [7, 11) is -3.26. The lowest BCUT2D eigenvalue weighted by Crippen LogP contribution is -2.42. The van der Waals surface area contributed by atoms with E-state index in [9.17, 15) is 8.42 Å². The van der Waals surface area contributed by atoms with Crippen molar-refractivity contribution in [3.8, 4) is 6.07 Å². The molecule has 0 N–H and O–H groups in total. The number of sulfonamides is 1. The van der Waals surface area contributed by atoms with Gasteiger partial charge in [-0.05, 0) is 24.1 Å². The molecule has 0 aromatic heterocycles. The zero-order chi connectivity index (χ0) is 14.6. The van der Waals surface area contributed by atoms with E-state index in [2.05, 4.69) is 6.92 Å². The number of hydrogen-bond acceptors (Lipinski definition) is 4. The molecule has 2 rings (SSSR count). The van der Waals surface area contributed by atoms with Crippen molar-refractivity contribution in [2.75, 3.05) is 18.8 Å². The van der Waals surface area contributed by atoms with Crippen molar-refractivity contribution in [1.29, 1.82) is 5.26 Å². The Morgan fingerprint density at radius 1 is 1.40 bits per heavy atom. The summed E-state index contributed by atoms with van der Waals surface area (Å²) in [4.78, 5) is 0. The van der Waals surface area contributed by atoms with E-state index in [0.29, 0.717) is 23.9 Å². The summed E-state index contributed by atoms with van der Waals surface area (Å²) in [5.41, 5.74) is 1.28. The van der Waals surface area contributed by atoms with Gasteiger partial charge in [0, 0.05) is 24.1 Å². The molecule has 1 aromatic carbocycles. The van der Waals surface area contributed by atoms with Crippen molar-refractivity contribution >= 4 is 21.8 Å². The van der Waals surface area contributed by atoms with Crippen molar-refractivity contribution < 1.29 is 8.42 Å². The second-order valence-corrected chi connectivity index (χ2v) is 8.20. The van der Waals surface area contributed by atoms with Gasteiger partial charge in [-0.15, -0.1) is 0 Å². The molecule has 1 heterocycles. The van der Waals surface area contributed by atoms with Gasteiger partial charge in [-0.1, -0.05) is 19.1 Å². The van der Waals surface area contributed by atoms with Crippen LogP contribution in [0.25, 0.3) is 0 Å². The van der Waals surface area contributed by atoms with E-state index in [0.717, 1.165) is 17.7 Å². The van der Waals surface area contributed by atoms with Crippen LogP contribution in [0.1, 0.15) is 24.5 Å². The minimum atomic E-state index is -3.26. The molecule has 0 aliphatic carbocycles. The maximum atomic E-state index is 12.4. The second-order valence-electron chi connectivity index (χ2n) is 4.82. The average Bonchev–Trinajstić information content (AvgIpc) is 2.48. The molecule has 20 heavy (non-hydrogen) atoms. The number of benzene rings is 1. The first-order valence-corrected chi connectivity index (χ1v) is 9.29. The first-order valence-electron chi connectivity index (χ1n) is 6.63. The van der Waals surface area contributed by atoms with E-state index >= 15 is 0 Å². The van der Waals surface area contributed by atoms with Crippen LogP contribution in [0.4, 0.5) is 0 Å². The molecule has 6 heteroatoms. The Morgan fingerprint density at radius 2 is 2.10 bits per heavy atom. The number of hydrogen-bond donors (Lipinski definition) is 0. The van der Waals surface area contributed by atoms with Crippen LogP contribution in [0.5, 0.6) is 0 Å². The lowest BCUT2D eigenvalue weighted by molar-refractivity contribution is 0.415. The highest BCUT2D eigenvalue weighted by Gasteiger charge is 2.28. The number of thioether (sulfide) groups is 1. The zero-order valence-electron chi connectivity index (χ0n) is 11.4. The third-order valence-electron chi connectivity index (χ3n) is 3.38. The molecule has 1 aromatic rings. The molecule has 1 fully saturated rings. The topological polar surface area (TPSA) is 61.2 Å². The fourth-order valence-electron chi connectivity index (χ4n) is 2.17. The van der Waals surface area contributed by atoms with Crippen LogP contribution < -0.4 is 0 Å². The third kappa shape index (κ3) is 3.75. The lowest BCUT2D eigenvalue weighted by Gasteiger charge is -2.31. The highest BCUT2D eigenvalue weighted by molar-refractivity contribution is 8.00. The first kappa shape index (κ1) is 15.4. The van der Waals surface area contributed by atoms with Crippen LogP contribution in [0, 0.1) is 11.3 Å². The summed E-state index contributed by atoms with van der Waals surface area (Å²) in [5.74, 6) is 0.880. The minimum absolute atomic E-state index is 0.0137. The van der Waals surface area contributed by atoms with Crippen molar-refractivity contribution in [2.45, 2.75) is 24.3 Å². The van der Waals surface area contributed by atoms with Crippen molar-refractivity contribution in [3.05, 3.63) is 35.4 Å². The largest absolute Gasteiger partial charge is 0.218 e. The van der Waals surface area contributed by atoms with Crippen LogP contribution in [0.15, 0.2) is 24.3 Å². The number of rotatable bonds is 4. The van der Waals surface area contributed by atoms with E-state index in [1.54, 1.807) is 28.6 Å². The normalized spacial score (nSPS) is 20.5. The zero-order valence-corrected chi connectivity index (χ0v) is 13.1. The summed E-state index contributed by atoms with van der Waals surface area (Å²) in [6, 6.07) is 8.78. The van der Waals surface area contributed by atoms with Gasteiger partial charge in [-0.25, -0.2) is 8.42 Å². The average molecular weight is 310 g/mol. The molecule has 0 saturated carbocycles. The predicted molar refractivity (Wildman–Crippen MR) is 81.9 cm³/mol. The SMILES string of the molecule is CCC1CN(S(=O)(=O)Cc2ccc(C#N)cc2)CCS1. The van der Waals surface area contributed by atoms with Gasteiger partial charge < -0.3 is 0 Å². The summed E-state index contributed by atoms with van der Waals surface area (Å²) < 4.78 is 26.5. The maximum Gasteiger partial charge on any atom is 0.218 e. The van der Waals surface area contributed by atoms with Gasteiger partial charge in [-0.3, -0.25) is 0 Å². The number of nitriles is 1. The fourth-order valence-corrected chi connectivity index (χ4v) is 5.13. The second kappa shape index (κ2) is 6.61. The molecule has 0 amide bonds. The Balaban J connectivity index is 2.08. The van der Waals surface area contributed by atoms with E-state index in [1.165, 1.54) is 0 Å². The molecular weight excluding hydrogens is 292 g/mol. The van der Waals surface area contributed by atoms with Crippen molar-refractivity contribution in [1.82, 2.24) is 4.31 Å². The highest BCUT2D eigenvalue weighted by atomic mass is 32.2. The molecule has 0 bridgehead atoms. The van der Waals surface area contributed by atoms with E-state index in [4.69, 9.17) is 5.26 Å². The van der Waals surface area contributed by atoms with Gasteiger partial charge in [0.25, 0.3) is 0 Å². The summed E-state index contributed by atoms with van der Waals surface area (Å²) in [6.07, 6.45) is 0.994. The van der Waals surface area contributed by atoms with Crippen LogP contribution in [-0.4, -0.2) is 36.8 Å². The molecular formula is C14H18N2O2S2. The predicted octanol–water partition coefficient (Wildman–Crippen LogP) is 2.22. The van der Waals surface area contributed by atoms with Gasteiger partial charge in [0.1, 0.15) is 0 Å². The quantitative estimate of drug-likeness (QED) is 0.855. The van der Waals surface area contributed by atoms with Crippen LogP contribution >= 0.6 is 11.8 Å². The monoisotopic (exact) mass is 310 g/mol. The Bertz CT molecular complexity index is 591. The van der Waals surface area contributed by atoms with Gasteiger partial charge in [0.05, 0.1) is 17.4 Å². The maximum absolute atomic E-state index is 12.4. The van der Waals surface area contributed by atoms with Crippen molar-refractivity contribution in [3.63, 3.8) is 0 Å². The molecule has 1 unspecified atom stereocenters. The molecule has 1 atom stereocenters. The molecule has 1 aliphatic heterocycles. The molecule has 1 saturated heterocycles. The Labute approximate surface area is 124 Å². The minimum Gasteiger partial charge on any atom is -0.212 e. The highest BCUT2D eigenvalue weighted by Crippen LogP contribution is 2.24. The molecule has 0 spiro atoms. The van der Waals surface area contributed by atoms with Gasteiger partial charge >= 0.3 is 0 Å². The standard InChI is InChI=1S/C14H18N2O2S2/c1-2-14-10-16(7-8-19-14)20(17,18)11-13-5-3-12(9-15)4-6-13/h3-6,14H,2,7-8,10-11H2,1H3. The Morgan fingerprint density at radius 3 is 2.70 bits per heavy atom. The smallest absolute Gasteiger partial charge is 0.212 e. The van der Waals surface area contributed by atoms with Crippen LogP contribution in [0.2, 0.25) is 0 Å². The Hall–Kier alpha value is -1.03. The van der Waals surface area contributed by atoms with Gasteiger partial charge in [-0.2, -0.15) is 21.3 Å². The third-order valence-corrected chi connectivity index (χ3v) is 6.57. The molecule has 0 radical (unpaired) electrons. The van der Waals surface area contributed by atoms with E-state index in [-0.39, 0.29) is 5.75 Å². The van der Waals surface area contributed by atoms with Crippen LogP contribution in [0.3, 0.4) is 0 Å². The van der Waals surface area contributed by atoms with E-state index in [1.807, 2.05) is 17.8 Å². The molecule has 4 nitrogen and oxygen atoms in total. The number of nitrogens with zero attached hydrogens (tertiary/aromatic N) is 2. The first-order chi connectivity index (χ1) is 9.55. The van der Waals surface area contributed by atoms with Gasteiger partial charge in [0.2, 0.25) is 10.0 Å². The summed E-state index contributed by atoms with van der Waals surface area (Å²) in [5, 5.41) is 9.14. The Kier molecular flexibility index (Phi) is 5.08. The molecule has 1 aliphatic rings. The molecule has 108 valence electrons. The van der Waals surface area contributed by atoms with Crippen LogP contribution in [-0.2, 0) is 15.8 Å². The summed E-state index contributed by atoms with van der Waals surface area (Å²) in [6.45, 7) is 3.30.